The van der Waals surface area contributed by atoms with Crippen molar-refractivity contribution in [1.82, 2.24) is 0 Å². The van der Waals surface area contributed by atoms with Crippen LogP contribution < -0.4 is 0 Å². The van der Waals surface area contributed by atoms with Crippen LogP contribution in [0.3, 0.4) is 0 Å². The second-order valence-electron chi connectivity index (χ2n) is 10.8. The molecule has 0 N–H and O–H groups in total. The van der Waals surface area contributed by atoms with Gasteiger partial charge in [0.1, 0.15) is 0 Å². The van der Waals surface area contributed by atoms with Gasteiger partial charge in [-0.3, -0.25) is 0 Å². The lowest BCUT2D eigenvalue weighted by molar-refractivity contribution is 0.555. The lowest BCUT2D eigenvalue weighted by atomic mass is 9.92. The van der Waals surface area contributed by atoms with Gasteiger partial charge < -0.3 is 0 Å². The van der Waals surface area contributed by atoms with Crippen molar-refractivity contribution < 1.29 is 0 Å². The summed E-state index contributed by atoms with van der Waals surface area (Å²) in [5.41, 5.74) is 5.32. The van der Waals surface area contributed by atoms with Crippen molar-refractivity contribution in [2.24, 2.45) is 0 Å². The number of rotatable bonds is 22. The number of hydrogen-bond acceptors (Lipinski definition) is 0. The van der Waals surface area contributed by atoms with Gasteiger partial charge in [0.15, 0.2) is 0 Å². The van der Waals surface area contributed by atoms with E-state index in [-0.39, 0.29) is 0 Å². The minimum Gasteiger partial charge on any atom is -0.101 e. The van der Waals surface area contributed by atoms with Crippen LogP contribution in [0.1, 0.15) is 178 Å². The molecule has 0 unspecified atom stereocenters. The normalized spacial score (nSPS) is 10.6. The summed E-state index contributed by atoms with van der Waals surface area (Å²) in [5.74, 6) is 13.2. The molecule has 0 fully saturated rings. The van der Waals surface area contributed by atoms with Gasteiger partial charge in [-0.1, -0.05) is 141 Å². The fourth-order valence-electron chi connectivity index (χ4n) is 5.21. The van der Waals surface area contributed by atoms with Crippen LogP contribution in [0.15, 0.2) is 12.1 Å². The number of benzene rings is 1. The van der Waals surface area contributed by atoms with E-state index in [1.165, 1.54) is 151 Å². The topological polar surface area (TPSA) is 0 Å². The molecule has 0 nitrogen and oxygen atoms in total. The monoisotopic (exact) mass is 490 g/mol. The largest absolute Gasteiger partial charge is 0.101 e. The van der Waals surface area contributed by atoms with E-state index in [9.17, 15) is 0 Å². The van der Waals surface area contributed by atoms with E-state index < -0.39 is 0 Å². The van der Waals surface area contributed by atoms with E-state index in [2.05, 4.69) is 49.7 Å². The zero-order valence-corrected chi connectivity index (χ0v) is 24.7. The first-order chi connectivity index (χ1) is 17.8. The summed E-state index contributed by atoms with van der Waals surface area (Å²) in [4.78, 5) is 0. The second-order valence-corrected chi connectivity index (χ2v) is 10.8. The number of aryl methyl sites for hydroxylation is 2. The molecule has 202 valence electrons. The van der Waals surface area contributed by atoms with Gasteiger partial charge in [0.05, 0.1) is 0 Å². The van der Waals surface area contributed by atoms with Gasteiger partial charge >= 0.3 is 0 Å². The minimum atomic E-state index is 1.14. The van der Waals surface area contributed by atoms with Crippen LogP contribution in [0.5, 0.6) is 0 Å². The van der Waals surface area contributed by atoms with Crippen molar-refractivity contribution in [3.05, 3.63) is 34.4 Å². The number of hydrogen-bond donors (Lipinski definition) is 0. The van der Waals surface area contributed by atoms with Crippen LogP contribution in [-0.2, 0) is 12.8 Å². The minimum absolute atomic E-state index is 1.14. The quantitative estimate of drug-likeness (QED) is 0.112. The van der Waals surface area contributed by atoms with Gasteiger partial charge in [0.2, 0.25) is 0 Å². The molecule has 36 heavy (non-hydrogen) atoms. The van der Waals surface area contributed by atoms with Crippen molar-refractivity contribution in [3.63, 3.8) is 0 Å². The zero-order valence-electron chi connectivity index (χ0n) is 24.7. The van der Waals surface area contributed by atoms with Crippen LogP contribution in [0, 0.1) is 23.7 Å². The molecule has 0 aliphatic carbocycles. The van der Waals surface area contributed by atoms with Gasteiger partial charge in [-0.2, -0.15) is 0 Å². The Morgan fingerprint density at radius 3 is 0.972 bits per heavy atom. The molecule has 0 amide bonds. The highest BCUT2D eigenvalue weighted by Gasteiger charge is 2.08. The highest BCUT2D eigenvalue weighted by molar-refractivity contribution is 5.52. The third-order valence-electron chi connectivity index (χ3n) is 7.45. The molecule has 0 bridgehead atoms. The lowest BCUT2D eigenvalue weighted by Gasteiger charge is -2.12. The molecule has 1 rings (SSSR count). The Morgan fingerprint density at radius 2 is 0.694 bits per heavy atom. The molecule has 0 aliphatic heterocycles. The second kappa shape index (κ2) is 23.7. The van der Waals surface area contributed by atoms with E-state index >= 15 is 0 Å². The molecular weight excluding hydrogens is 432 g/mol. The summed E-state index contributed by atoms with van der Waals surface area (Å²) < 4.78 is 0. The molecule has 0 atom stereocenters. The summed E-state index contributed by atoms with van der Waals surface area (Å²) in [6.07, 6.45) is 29.9. The Kier molecular flexibility index (Phi) is 21.3. The first-order valence-electron chi connectivity index (χ1n) is 15.8. The Hall–Kier alpha value is -1.66. The summed E-state index contributed by atoms with van der Waals surface area (Å²) in [6, 6.07) is 4.74. The lowest BCUT2D eigenvalue weighted by Crippen LogP contribution is -1.99. The van der Waals surface area contributed by atoms with Crippen LogP contribution in [0.2, 0.25) is 0 Å². The Morgan fingerprint density at radius 1 is 0.417 bits per heavy atom. The van der Waals surface area contributed by atoms with Gasteiger partial charge in [-0.05, 0) is 62.8 Å². The summed E-state index contributed by atoms with van der Waals surface area (Å²) in [6.45, 7) is 8.51. The maximum atomic E-state index is 3.41. The molecule has 0 aromatic heterocycles. The maximum Gasteiger partial charge on any atom is 0.0280 e. The van der Waals surface area contributed by atoms with Gasteiger partial charge in [0, 0.05) is 11.1 Å². The molecule has 0 spiro atoms. The molecule has 0 saturated carbocycles. The standard InChI is InChI=1S/C36H58/c1-5-9-11-13-15-17-19-21-23-25-29-35-31-34(28-8-4)36(32-33(35)27-7-3)30-26-24-22-20-18-16-14-12-10-6-2/h31-32H,5-6,9-26,29-30H2,1-4H3. The van der Waals surface area contributed by atoms with Crippen molar-refractivity contribution in [1.29, 1.82) is 0 Å². The molecule has 1 aromatic carbocycles. The summed E-state index contributed by atoms with van der Waals surface area (Å²) in [7, 11) is 0. The Labute approximate surface area is 226 Å². The molecule has 0 heterocycles. The van der Waals surface area contributed by atoms with Gasteiger partial charge in [-0.25, -0.2) is 0 Å². The Bertz CT molecular complexity index is 708. The SMILES string of the molecule is CC#Cc1cc(CCCCCCCCCCCC)c(C#CC)cc1CCCCCCCCCCCC. The van der Waals surface area contributed by atoms with Crippen LogP contribution >= 0.6 is 0 Å². The fourth-order valence-corrected chi connectivity index (χ4v) is 5.21. The summed E-state index contributed by atoms with van der Waals surface area (Å²) >= 11 is 0. The maximum absolute atomic E-state index is 3.41. The predicted molar refractivity (Wildman–Crippen MR) is 163 cm³/mol. The molecule has 0 aliphatic rings. The van der Waals surface area contributed by atoms with Gasteiger partial charge in [0.25, 0.3) is 0 Å². The third-order valence-corrected chi connectivity index (χ3v) is 7.45. The molecular formula is C36H58. The smallest absolute Gasteiger partial charge is 0.0280 e. The number of unbranched alkanes of at least 4 members (excludes halogenated alkanes) is 18. The van der Waals surface area contributed by atoms with E-state index in [0.29, 0.717) is 0 Å². The van der Waals surface area contributed by atoms with E-state index in [0.717, 1.165) is 12.8 Å². The van der Waals surface area contributed by atoms with Crippen molar-refractivity contribution in [2.75, 3.05) is 0 Å². The first-order valence-corrected chi connectivity index (χ1v) is 15.8. The first kappa shape index (κ1) is 32.4. The predicted octanol–water partition coefficient (Wildman–Crippen LogP) is 11.4. The van der Waals surface area contributed by atoms with E-state index in [4.69, 9.17) is 0 Å². The van der Waals surface area contributed by atoms with Crippen LogP contribution in [0.4, 0.5) is 0 Å². The van der Waals surface area contributed by atoms with Crippen LogP contribution in [0.25, 0.3) is 0 Å². The molecule has 1 aromatic rings. The van der Waals surface area contributed by atoms with Crippen LogP contribution in [-0.4, -0.2) is 0 Å². The van der Waals surface area contributed by atoms with Crippen molar-refractivity contribution in [3.8, 4) is 23.7 Å². The Balaban J connectivity index is 2.46. The van der Waals surface area contributed by atoms with Gasteiger partial charge in [-0.15, -0.1) is 11.8 Å². The zero-order chi connectivity index (χ0) is 26.1. The molecule has 0 heteroatoms. The van der Waals surface area contributed by atoms with E-state index in [1.54, 1.807) is 0 Å². The average Bonchev–Trinajstić information content (AvgIpc) is 2.88. The highest BCUT2D eigenvalue weighted by atomic mass is 14.1. The molecule has 0 radical (unpaired) electrons. The van der Waals surface area contributed by atoms with Crippen molar-refractivity contribution in [2.45, 2.75) is 169 Å². The average molecular weight is 491 g/mol. The van der Waals surface area contributed by atoms with E-state index in [1.807, 2.05) is 13.8 Å². The fraction of sp³-hybridized carbons (Fsp3) is 0.722. The molecule has 0 saturated heterocycles. The van der Waals surface area contributed by atoms with Crippen molar-refractivity contribution >= 4 is 0 Å². The summed E-state index contributed by atoms with van der Waals surface area (Å²) in [5, 5.41) is 0. The highest BCUT2D eigenvalue weighted by Crippen LogP contribution is 2.22. The third kappa shape index (κ3) is 16.2.